The normalized spacial score (nSPS) is 29.1. The summed E-state index contributed by atoms with van der Waals surface area (Å²) < 4.78 is 0. The predicted molar refractivity (Wildman–Crippen MR) is 60.4 cm³/mol. The Hall–Kier alpha value is -0.0800. The average Bonchev–Trinajstić information content (AvgIpc) is 2.21. The molecule has 1 aliphatic carbocycles. The van der Waals surface area contributed by atoms with Gasteiger partial charge in [0.2, 0.25) is 0 Å². The maximum atomic E-state index is 9.41. The molecule has 0 heterocycles. The van der Waals surface area contributed by atoms with Crippen molar-refractivity contribution in [3.63, 3.8) is 0 Å². The van der Waals surface area contributed by atoms with Gasteiger partial charge in [0, 0.05) is 11.6 Å². The largest absolute Gasteiger partial charge is 0.393 e. The molecule has 1 fully saturated rings. The monoisotopic (exact) mass is 199 g/mol. The van der Waals surface area contributed by atoms with Crippen LogP contribution in [0.15, 0.2) is 0 Å². The summed E-state index contributed by atoms with van der Waals surface area (Å²) in [5, 5.41) is 13.2. The molecule has 0 bridgehead atoms. The van der Waals surface area contributed by atoms with Crippen LogP contribution in [-0.4, -0.2) is 22.8 Å². The smallest absolute Gasteiger partial charge is 0.0541 e. The molecule has 0 unspecified atom stereocenters. The number of hydrogen-bond donors (Lipinski definition) is 2. The highest BCUT2D eigenvalue weighted by atomic mass is 16.3. The summed E-state index contributed by atoms with van der Waals surface area (Å²) in [5.74, 6) is 0. The van der Waals surface area contributed by atoms with E-state index in [1.54, 1.807) is 0 Å². The van der Waals surface area contributed by atoms with Crippen molar-refractivity contribution in [1.29, 1.82) is 0 Å². The molecule has 1 aliphatic rings. The Morgan fingerprint density at radius 1 is 1.14 bits per heavy atom. The van der Waals surface area contributed by atoms with Crippen molar-refractivity contribution < 1.29 is 5.11 Å². The lowest BCUT2D eigenvalue weighted by molar-refractivity contribution is 0.107. The van der Waals surface area contributed by atoms with Crippen molar-refractivity contribution in [2.75, 3.05) is 0 Å². The van der Waals surface area contributed by atoms with Gasteiger partial charge in [0.25, 0.3) is 0 Å². The van der Waals surface area contributed by atoms with E-state index in [9.17, 15) is 5.11 Å². The molecule has 0 radical (unpaired) electrons. The lowest BCUT2D eigenvalue weighted by Gasteiger charge is -2.36. The maximum absolute atomic E-state index is 9.41. The van der Waals surface area contributed by atoms with Crippen molar-refractivity contribution in [2.24, 2.45) is 0 Å². The molecule has 2 N–H and O–H groups in total. The van der Waals surface area contributed by atoms with Gasteiger partial charge in [-0.1, -0.05) is 13.8 Å². The second-order valence-corrected chi connectivity index (χ2v) is 4.92. The molecule has 0 spiro atoms. The SMILES string of the molecule is CCC(C)(CC)NC1CCC(O)CC1. The molecular formula is C12H25NO. The van der Waals surface area contributed by atoms with E-state index < -0.39 is 0 Å². The van der Waals surface area contributed by atoms with E-state index in [2.05, 4.69) is 26.1 Å². The van der Waals surface area contributed by atoms with E-state index in [-0.39, 0.29) is 6.10 Å². The lowest BCUT2D eigenvalue weighted by atomic mass is 9.88. The molecular weight excluding hydrogens is 174 g/mol. The van der Waals surface area contributed by atoms with Crippen LogP contribution in [0.2, 0.25) is 0 Å². The third kappa shape index (κ3) is 3.25. The number of nitrogens with one attached hydrogen (secondary N) is 1. The van der Waals surface area contributed by atoms with E-state index in [0.717, 1.165) is 25.7 Å². The summed E-state index contributed by atoms with van der Waals surface area (Å²) in [6, 6.07) is 0.628. The van der Waals surface area contributed by atoms with Gasteiger partial charge in [0.1, 0.15) is 0 Å². The van der Waals surface area contributed by atoms with Crippen molar-refractivity contribution in [2.45, 2.75) is 77.0 Å². The molecule has 1 rings (SSSR count). The van der Waals surface area contributed by atoms with Gasteiger partial charge in [-0.25, -0.2) is 0 Å². The van der Waals surface area contributed by atoms with Crippen molar-refractivity contribution in [3.8, 4) is 0 Å². The van der Waals surface area contributed by atoms with Gasteiger partial charge >= 0.3 is 0 Å². The molecule has 0 aliphatic heterocycles. The summed E-state index contributed by atoms with van der Waals surface area (Å²) >= 11 is 0. The molecule has 0 atom stereocenters. The summed E-state index contributed by atoms with van der Waals surface area (Å²) in [5.41, 5.74) is 0.299. The van der Waals surface area contributed by atoms with Crippen LogP contribution >= 0.6 is 0 Å². The van der Waals surface area contributed by atoms with E-state index in [1.165, 1.54) is 12.8 Å². The quantitative estimate of drug-likeness (QED) is 0.729. The third-order valence-electron chi connectivity index (χ3n) is 3.81. The second kappa shape index (κ2) is 5.13. The highest BCUT2D eigenvalue weighted by molar-refractivity contribution is 4.86. The minimum Gasteiger partial charge on any atom is -0.393 e. The summed E-state index contributed by atoms with van der Waals surface area (Å²) in [4.78, 5) is 0. The molecule has 0 aromatic rings. The summed E-state index contributed by atoms with van der Waals surface area (Å²) in [7, 11) is 0. The van der Waals surface area contributed by atoms with Gasteiger partial charge in [-0.15, -0.1) is 0 Å². The van der Waals surface area contributed by atoms with Gasteiger partial charge in [0.15, 0.2) is 0 Å². The first-order chi connectivity index (χ1) is 6.59. The van der Waals surface area contributed by atoms with Gasteiger partial charge in [-0.2, -0.15) is 0 Å². The molecule has 0 amide bonds. The average molecular weight is 199 g/mol. The Balaban J connectivity index is 2.36. The van der Waals surface area contributed by atoms with Gasteiger partial charge in [0.05, 0.1) is 6.10 Å². The van der Waals surface area contributed by atoms with Crippen LogP contribution in [0.1, 0.15) is 59.3 Å². The standard InChI is InChI=1S/C12H25NO/c1-4-12(3,5-2)13-10-6-8-11(14)9-7-10/h10-11,13-14H,4-9H2,1-3H3. The third-order valence-corrected chi connectivity index (χ3v) is 3.81. The van der Waals surface area contributed by atoms with Gasteiger partial charge < -0.3 is 10.4 Å². The molecule has 2 nitrogen and oxygen atoms in total. The Labute approximate surface area is 88.1 Å². The van der Waals surface area contributed by atoms with Crippen LogP contribution in [0.25, 0.3) is 0 Å². The molecule has 0 saturated heterocycles. The molecule has 2 heteroatoms. The molecule has 84 valence electrons. The second-order valence-electron chi connectivity index (χ2n) is 4.92. The van der Waals surface area contributed by atoms with Gasteiger partial charge in [-0.05, 0) is 45.4 Å². The Morgan fingerprint density at radius 3 is 2.07 bits per heavy atom. The number of hydrogen-bond acceptors (Lipinski definition) is 2. The van der Waals surface area contributed by atoms with E-state index in [0.29, 0.717) is 11.6 Å². The van der Waals surface area contributed by atoms with E-state index in [4.69, 9.17) is 0 Å². The van der Waals surface area contributed by atoms with Crippen LogP contribution in [0, 0.1) is 0 Å². The van der Waals surface area contributed by atoms with Crippen molar-refractivity contribution in [3.05, 3.63) is 0 Å². The first kappa shape index (κ1) is 12.0. The first-order valence-electron chi connectivity index (χ1n) is 6.05. The Kier molecular flexibility index (Phi) is 4.39. The molecule has 0 aromatic carbocycles. The number of aliphatic hydroxyl groups is 1. The highest BCUT2D eigenvalue weighted by Crippen LogP contribution is 2.23. The molecule has 0 aromatic heterocycles. The summed E-state index contributed by atoms with van der Waals surface area (Å²) in [6.07, 6.45) is 6.54. The topological polar surface area (TPSA) is 32.3 Å². The fourth-order valence-electron chi connectivity index (χ4n) is 2.17. The van der Waals surface area contributed by atoms with Gasteiger partial charge in [-0.3, -0.25) is 0 Å². The zero-order valence-corrected chi connectivity index (χ0v) is 9.84. The summed E-state index contributed by atoms with van der Waals surface area (Å²) in [6.45, 7) is 6.79. The van der Waals surface area contributed by atoms with Crippen LogP contribution < -0.4 is 5.32 Å². The number of rotatable bonds is 4. The zero-order valence-electron chi connectivity index (χ0n) is 9.84. The zero-order chi connectivity index (χ0) is 10.6. The van der Waals surface area contributed by atoms with Crippen molar-refractivity contribution >= 4 is 0 Å². The van der Waals surface area contributed by atoms with Crippen LogP contribution in [0.4, 0.5) is 0 Å². The maximum Gasteiger partial charge on any atom is 0.0541 e. The first-order valence-corrected chi connectivity index (χ1v) is 6.05. The van der Waals surface area contributed by atoms with E-state index >= 15 is 0 Å². The molecule has 14 heavy (non-hydrogen) atoms. The van der Waals surface area contributed by atoms with Crippen molar-refractivity contribution in [1.82, 2.24) is 5.32 Å². The number of aliphatic hydroxyl groups excluding tert-OH is 1. The predicted octanol–water partition coefficient (Wildman–Crippen LogP) is 2.46. The Bertz CT molecular complexity index is 158. The highest BCUT2D eigenvalue weighted by Gasteiger charge is 2.26. The lowest BCUT2D eigenvalue weighted by Crippen LogP contribution is -2.48. The fraction of sp³-hybridized carbons (Fsp3) is 1.00. The molecule has 1 saturated carbocycles. The van der Waals surface area contributed by atoms with Crippen LogP contribution in [-0.2, 0) is 0 Å². The Morgan fingerprint density at radius 2 is 1.64 bits per heavy atom. The minimum atomic E-state index is -0.0393. The van der Waals surface area contributed by atoms with Crippen LogP contribution in [0.3, 0.4) is 0 Å². The van der Waals surface area contributed by atoms with E-state index in [1.807, 2.05) is 0 Å². The fourth-order valence-corrected chi connectivity index (χ4v) is 2.17. The van der Waals surface area contributed by atoms with Crippen LogP contribution in [0.5, 0.6) is 0 Å². The minimum absolute atomic E-state index is 0.0393.